The number of aromatic hydroxyl groups is 1. The third kappa shape index (κ3) is 4.99. The molecule has 0 aliphatic heterocycles. The maximum absolute atomic E-state index is 12.0. The van der Waals surface area contributed by atoms with Gasteiger partial charge in [0.15, 0.2) is 0 Å². The number of halogens is 4. The molecule has 0 unspecified atom stereocenters. The van der Waals surface area contributed by atoms with E-state index in [4.69, 9.17) is 10.8 Å². The monoisotopic (exact) mass is 287 g/mol. The highest BCUT2D eigenvalue weighted by Crippen LogP contribution is 2.31. The Balaban J connectivity index is 0.00000289. The second-order valence-electron chi connectivity index (χ2n) is 3.39. The van der Waals surface area contributed by atoms with E-state index in [0.29, 0.717) is 0 Å². The second-order valence-corrected chi connectivity index (χ2v) is 3.39. The fourth-order valence-corrected chi connectivity index (χ4v) is 1.32. The van der Waals surface area contributed by atoms with Crippen molar-refractivity contribution in [3.05, 3.63) is 23.8 Å². The topological polar surface area (TPSA) is 75.7 Å². The van der Waals surface area contributed by atoms with Crippen LogP contribution >= 0.6 is 12.4 Å². The normalized spacial score (nSPS) is 12.7. The fourth-order valence-electron chi connectivity index (χ4n) is 1.32. The van der Waals surface area contributed by atoms with E-state index in [0.717, 1.165) is 18.2 Å². The van der Waals surface area contributed by atoms with Crippen molar-refractivity contribution in [2.45, 2.75) is 18.8 Å². The Labute approximate surface area is 108 Å². The fraction of sp³-hybridized carbons (Fsp3) is 0.400. The molecule has 0 heterocycles. The third-order valence-corrected chi connectivity index (χ3v) is 2.07. The van der Waals surface area contributed by atoms with Crippen molar-refractivity contribution in [3.8, 4) is 11.5 Å². The predicted octanol–water partition coefficient (Wildman–Crippen LogP) is 2.09. The lowest BCUT2D eigenvalue weighted by atomic mass is 10.0. The van der Waals surface area contributed by atoms with Crippen LogP contribution in [0.3, 0.4) is 0 Å². The largest absolute Gasteiger partial charge is 0.573 e. The number of aliphatic hydroxyl groups is 1. The number of hydrogen-bond donors (Lipinski definition) is 3. The lowest BCUT2D eigenvalue weighted by molar-refractivity contribution is -0.274. The summed E-state index contributed by atoms with van der Waals surface area (Å²) in [6.07, 6.45) is -4.67. The van der Waals surface area contributed by atoms with Crippen LogP contribution in [0.15, 0.2) is 18.2 Å². The lowest BCUT2D eigenvalue weighted by Crippen LogP contribution is -2.18. The van der Waals surface area contributed by atoms with Gasteiger partial charge in [-0.1, -0.05) is 0 Å². The molecule has 0 fully saturated rings. The number of aliphatic hydroxyl groups excluding tert-OH is 1. The molecular weight excluding hydrogens is 275 g/mol. The summed E-state index contributed by atoms with van der Waals surface area (Å²) >= 11 is 0. The van der Waals surface area contributed by atoms with Crippen molar-refractivity contribution in [2.75, 3.05) is 6.61 Å². The highest BCUT2D eigenvalue weighted by atomic mass is 35.5. The van der Waals surface area contributed by atoms with Crippen LogP contribution in [0.2, 0.25) is 0 Å². The van der Waals surface area contributed by atoms with Gasteiger partial charge in [0.25, 0.3) is 0 Å². The zero-order valence-corrected chi connectivity index (χ0v) is 9.96. The molecule has 4 N–H and O–H groups in total. The molecule has 104 valence electrons. The summed E-state index contributed by atoms with van der Waals surface area (Å²) in [5.41, 5.74) is 5.68. The van der Waals surface area contributed by atoms with Crippen molar-refractivity contribution in [2.24, 2.45) is 5.73 Å². The van der Waals surface area contributed by atoms with Gasteiger partial charge in [0.1, 0.15) is 11.5 Å². The molecule has 18 heavy (non-hydrogen) atoms. The first-order valence-corrected chi connectivity index (χ1v) is 4.78. The van der Waals surface area contributed by atoms with Gasteiger partial charge < -0.3 is 20.7 Å². The highest BCUT2D eigenvalue weighted by Gasteiger charge is 2.31. The Morgan fingerprint density at radius 3 is 2.44 bits per heavy atom. The van der Waals surface area contributed by atoms with Gasteiger partial charge in [0.2, 0.25) is 0 Å². The minimum atomic E-state index is -4.80. The number of benzene rings is 1. The van der Waals surface area contributed by atoms with Gasteiger partial charge in [0.05, 0.1) is 0 Å². The first-order chi connectivity index (χ1) is 7.83. The van der Waals surface area contributed by atoms with Gasteiger partial charge in [-0.15, -0.1) is 25.6 Å². The van der Waals surface area contributed by atoms with Crippen LogP contribution in [0.4, 0.5) is 13.2 Å². The number of hydrogen-bond acceptors (Lipinski definition) is 4. The standard InChI is InChI=1S/C10H12F3NO3.ClH/c11-10(12,13)17-6-1-2-9(16)7(5-6)8(14)3-4-15;/h1-2,5,8,15-16H,3-4,14H2;1H/t8-;/m0./s1. The van der Waals surface area contributed by atoms with Crippen LogP contribution in [-0.4, -0.2) is 23.2 Å². The number of alkyl halides is 3. The molecule has 0 aliphatic rings. The van der Waals surface area contributed by atoms with Gasteiger partial charge >= 0.3 is 6.36 Å². The predicted molar refractivity (Wildman–Crippen MR) is 60.7 cm³/mol. The number of rotatable bonds is 4. The number of phenolic OH excluding ortho intramolecular Hbond substituents is 1. The van der Waals surface area contributed by atoms with Crippen molar-refractivity contribution < 1.29 is 28.1 Å². The molecule has 4 nitrogen and oxygen atoms in total. The summed E-state index contributed by atoms with van der Waals surface area (Å²) in [5.74, 6) is -0.695. The first kappa shape index (κ1) is 16.8. The van der Waals surface area contributed by atoms with Crippen molar-refractivity contribution in [1.29, 1.82) is 0 Å². The quantitative estimate of drug-likeness (QED) is 0.793. The summed E-state index contributed by atoms with van der Waals surface area (Å²) in [6, 6.07) is 2.30. The summed E-state index contributed by atoms with van der Waals surface area (Å²) in [5, 5.41) is 18.1. The molecule has 0 saturated heterocycles. The maximum Gasteiger partial charge on any atom is 0.573 e. The number of phenols is 1. The Hall–Kier alpha value is -1.18. The molecule has 1 atom stereocenters. The van der Waals surface area contributed by atoms with E-state index in [1.54, 1.807) is 0 Å². The first-order valence-electron chi connectivity index (χ1n) is 4.78. The minimum Gasteiger partial charge on any atom is -0.508 e. The highest BCUT2D eigenvalue weighted by molar-refractivity contribution is 5.85. The van der Waals surface area contributed by atoms with Crippen LogP contribution in [0, 0.1) is 0 Å². The molecule has 0 radical (unpaired) electrons. The second kappa shape index (κ2) is 6.67. The molecule has 0 saturated carbocycles. The third-order valence-electron chi connectivity index (χ3n) is 2.07. The maximum atomic E-state index is 12.0. The van der Waals surface area contributed by atoms with Gasteiger partial charge in [-0.2, -0.15) is 0 Å². The van der Waals surface area contributed by atoms with E-state index in [9.17, 15) is 18.3 Å². The molecule has 0 amide bonds. The van der Waals surface area contributed by atoms with Gasteiger partial charge in [-0.3, -0.25) is 0 Å². The lowest BCUT2D eigenvalue weighted by Gasteiger charge is -2.15. The van der Waals surface area contributed by atoms with Gasteiger partial charge in [0, 0.05) is 18.2 Å². The molecule has 0 bridgehead atoms. The van der Waals surface area contributed by atoms with Crippen LogP contribution < -0.4 is 10.5 Å². The molecule has 0 aliphatic carbocycles. The van der Waals surface area contributed by atoms with E-state index < -0.39 is 18.2 Å². The van der Waals surface area contributed by atoms with Crippen LogP contribution in [-0.2, 0) is 0 Å². The van der Waals surface area contributed by atoms with Crippen molar-refractivity contribution in [1.82, 2.24) is 0 Å². The summed E-state index contributed by atoms with van der Waals surface area (Å²) in [6.45, 7) is -0.231. The van der Waals surface area contributed by atoms with E-state index in [1.807, 2.05) is 0 Å². The molecule has 1 rings (SSSR count). The Bertz CT molecular complexity index is 387. The van der Waals surface area contributed by atoms with Gasteiger partial charge in [-0.25, -0.2) is 0 Å². The molecule has 0 aromatic heterocycles. The summed E-state index contributed by atoms with van der Waals surface area (Å²) < 4.78 is 39.6. The van der Waals surface area contributed by atoms with Gasteiger partial charge in [-0.05, 0) is 24.6 Å². The Kier molecular flexibility index (Phi) is 6.23. The average Bonchev–Trinajstić information content (AvgIpc) is 2.19. The molecule has 0 spiro atoms. The van der Waals surface area contributed by atoms with Crippen molar-refractivity contribution in [3.63, 3.8) is 0 Å². The molecule has 1 aromatic carbocycles. The number of nitrogens with two attached hydrogens (primary N) is 1. The molecule has 8 heteroatoms. The van der Waals surface area contributed by atoms with Crippen molar-refractivity contribution >= 4 is 12.4 Å². The van der Waals surface area contributed by atoms with Crippen LogP contribution in [0.1, 0.15) is 18.0 Å². The smallest absolute Gasteiger partial charge is 0.508 e. The van der Waals surface area contributed by atoms with Crippen LogP contribution in [0.25, 0.3) is 0 Å². The Morgan fingerprint density at radius 1 is 1.33 bits per heavy atom. The zero-order valence-electron chi connectivity index (χ0n) is 9.15. The molecular formula is C10H13ClF3NO3. The van der Waals surface area contributed by atoms with Crippen LogP contribution in [0.5, 0.6) is 11.5 Å². The number of ether oxygens (including phenoxy) is 1. The Morgan fingerprint density at radius 2 is 1.94 bits per heavy atom. The SMILES string of the molecule is Cl.N[C@@H](CCO)c1cc(OC(F)(F)F)ccc1O. The minimum absolute atomic E-state index is 0. The van der Waals surface area contributed by atoms with E-state index in [1.165, 1.54) is 0 Å². The summed E-state index contributed by atoms with van der Waals surface area (Å²) in [4.78, 5) is 0. The summed E-state index contributed by atoms with van der Waals surface area (Å²) in [7, 11) is 0. The molecule has 1 aromatic rings. The van der Waals surface area contributed by atoms with E-state index in [2.05, 4.69) is 4.74 Å². The average molecular weight is 288 g/mol. The van der Waals surface area contributed by atoms with E-state index >= 15 is 0 Å². The van der Waals surface area contributed by atoms with E-state index in [-0.39, 0.29) is 36.7 Å². The zero-order chi connectivity index (χ0) is 13.1.